The van der Waals surface area contributed by atoms with Crippen molar-refractivity contribution in [2.45, 2.75) is 44.6 Å². The summed E-state index contributed by atoms with van der Waals surface area (Å²) in [7, 11) is 0. The largest absolute Gasteiger partial charge is 0.484 e. The second-order valence-corrected chi connectivity index (χ2v) is 10.6. The number of benzene rings is 2. The van der Waals surface area contributed by atoms with Crippen molar-refractivity contribution in [3.63, 3.8) is 0 Å². The lowest BCUT2D eigenvalue weighted by atomic mass is 10.0. The number of thiophene rings is 1. The van der Waals surface area contributed by atoms with E-state index in [9.17, 15) is 18.0 Å². The quantitative estimate of drug-likeness (QED) is 0.261. The SMILES string of the molecule is C[C@@H](Oc1cc(-n2cnc3ccc(CN4CCC(N)CC4)cc32)sc1C(N)=O)c1ccccc1C(F)(F)F.Cl.Cl. The number of nitrogens with zero attached hydrogens (tertiary/aromatic N) is 3. The van der Waals surface area contributed by atoms with Gasteiger partial charge in [-0.05, 0) is 56.6 Å². The molecule has 1 saturated heterocycles. The predicted octanol–water partition coefficient (Wildman–Crippen LogP) is 6.11. The minimum Gasteiger partial charge on any atom is -0.484 e. The smallest absolute Gasteiger partial charge is 0.416 e. The molecule has 2 aromatic heterocycles. The molecule has 5 rings (SSSR count). The third-order valence-electron chi connectivity index (χ3n) is 6.80. The summed E-state index contributed by atoms with van der Waals surface area (Å²) in [6, 6.07) is 13.2. The van der Waals surface area contributed by atoms with Gasteiger partial charge in [-0.3, -0.25) is 14.3 Å². The fourth-order valence-corrected chi connectivity index (χ4v) is 5.73. The van der Waals surface area contributed by atoms with Crippen molar-refractivity contribution in [1.82, 2.24) is 14.5 Å². The number of halogens is 5. The molecule has 13 heteroatoms. The summed E-state index contributed by atoms with van der Waals surface area (Å²) >= 11 is 1.11. The number of rotatable bonds is 7. The summed E-state index contributed by atoms with van der Waals surface area (Å²) in [5.74, 6) is -0.592. The highest BCUT2D eigenvalue weighted by atomic mass is 35.5. The van der Waals surface area contributed by atoms with Crippen molar-refractivity contribution in [2.75, 3.05) is 13.1 Å². The van der Waals surface area contributed by atoms with Crippen LogP contribution >= 0.6 is 36.2 Å². The van der Waals surface area contributed by atoms with Crippen LogP contribution in [0.3, 0.4) is 0 Å². The number of ether oxygens (including phenoxy) is 1. The summed E-state index contributed by atoms with van der Waals surface area (Å²) in [5, 5.41) is 0.619. The summed E-state index contributed by atoms with van der Waals surface area (Å²) < 4.78 is 48.4. The van der Waals surface area contributed by atoms with Gasteiger partial charge in [0.15, 0.2) is 0 Å². The Labute approximate surface area is 246 Å². The Morgan fingerprint density at radius 2 is 1.85 bits per heavy atom. The Bertz CT molecular complexity index is 1470. The molecule has 0 unspecified atom stereocenters. The standard InChI is InChI=1S/C27H28F3N5O2S.2ClH/c1-16(19-4-2-3-5-20(19)27(28,29)30)37-23-13-24(38-25(23)26(32)36)35-15-33-21-7-6-17(12-22(21)35)14-34-10-8-18(31)9-11-34;;/h2-7,12-13,15-16,18H,8-11,14,31H2,1H3,(H2,32,36);2*1H/t16-;;/m1../s1. The predicted molar refractivity (Wildman–Crippen MR) is 155 cm³/mol. The average molecular weight is 617 g/mol. The van der Waals surface area contributed by atoms with Gasteiger partial charge in [-0.2, -0.15) is 13.2 Å². The average Bonchev–Trinajstić information content (AvgIpc) is 3.49. The molecule has 1 aliphatic heterocycles. The molecule has 7 nitrogen and oxygen atoms in total. The van der Waals surface area contributed by atoms with Gasteiger partial charge in [0.2, 0.25) is 0 Å². The van der Waals surface area contributed by atoms with Crippen molar-refractivity contribution in [3.05, 3.63) is 76.4 Å². The maximum Gasteiger partial charge on any atom is 0.416 e. The zero-order chi connectivity index (χ0) is 27.0. The summed E-state index contributed by atoms with van der Waals surface area (Å²) in [5.41, 5.74) is 13.6. The Morgan fingerprint density at radius 3 is 2.52 bits per heavy atom. The van der Waals surface area contributed by atoms with Crippen LogP contribution in [0, 0.1) is 0 Å². The van der Waals surface area contributed by atoms with E-state index in [2.05, 4.69) is 16.0 Å². The van der Waals surface area contributed by atoms with Gasteiger partial charge in [0.25, 0.3) is 5.91 Å². The fourth-order valence-electron chi connectivity index (χ4n) is 4.80. The van der Waals surface area contributed by atoms with E-state index in [-0.39, 0.29) is 47.0 Å². The number of imidazole rings is 1. The lowest BCUT2D eigenvalue weighted by Gasteiger charge is -2.30. The molecule has 0 spiro atoms. The van der Waals surface area contributed by atoms with Gasteiger partial charge in [-0.1, -0.05) is 24.3 Å². The van der Waals surface area contributed by atoms with E-state index in [4.69, 9.17) is 16.2 Å². The van der Waals surface area contributed by atoms with E-state index in [0.29, 0.717) is 5.00 Å². The van der Waals surface area contributed by atoms with Crippen LogP contribution in [0.5, 0.6) is 5.75 Å². The topological polar surface area (TPSA) is 99.4 Å². The molecule has 3 heterocycles. The number of hydrogen-bond acceptors (Lipinski definition) is 6. The summed E-state index contributed by atoms with van der Waals surface area (Å²) in [6.45, 7) is 4.19. The van der Waals surface area contributed by atoms with Gasteiger partial charge < -0.3 is 16.2 Å². The van der Waals surface area contributed by atoms with Crippen LogP contribution in [0.25, 0.3) is 16.0 Å². The van der Waals surface area contributed by atoms with Crippen LogP contribution in [0.4, 0.5) is 13.2 Å². The summed E-state index contributed by atoms with van der Waals surface area (Å²) in [4.78, 5) is 19.2. The molecule has 40 heavy (non-hydrogen) atoms. The first kappa shape index (κ1) is 31.7. The molecule has 4 aromatic rings. The highest BCUT2D eigenvalue weighted by Crippen LogP contribution is 2.39. The minimum absolute atomic E-state index is 0. The number of nitrogens with two attached hydrogens (primary N) is 2. The van der Waals surface area contributed by atoms with Crippen LogP contribution in [0.1, 0.15) is 52.2 Å². The zero-order valence-electron chi connectivity index (χ0n) is 21.6. The van der Waals surface area contributed by atoms with E-state index in [1.165, 1.54) is 25.1 Å². The molecule has 0 saturated carbocycles. The summed E-state index contributed by atoms with van der Waals surface area (Å²) in [6.07, 6.45) is -1.91. The third-order valence-corrected chi connectivity index (χ3v) is 7.93. The fraction of sp³-hybridized carbons (Fsp3) is 0.333. The van der Waals surface area contributed by atoms with E-state index in [1.807, 2.05) is 16.7 Å². The van der Waals surface area contributed by atoms with Gasteiger partial charge in [-0.15, -0.1) is 36.2 Å². The van der Waals surface area contributed by atoms with Gasteiger partial charge in [-0.25, -0.2) is 4.98 Å². The normalized spacial score (nSPS) is 15.3. The monoisotopic (exact) mass is 615 g/mol. The number of hydrogen-bond donors (Lipinski definition) is 2. The Kier molecular flexibility index (Phi) is 10.1. The van der Waals surface area contributed by atoms with Crippen molar-refractivity contribution >= 4 is 53.1 Å². The molecular weight excluding hydrogens is 586 g/mol. The number of carbonyl (C=O) groups is 1. The third kappa shape index (κ3) is 6.72. The number of likely N-dealkylation sites (tertiary alicyclic amines) is 1. The molecule has 1 amide bonds. The molecule has 216 valence electrons. The van der Waals surface area contributed by atoms with Crippen molar-refractivity contribution < 1.29 is 22.7 Å². The van der Waals surface area contributed by atoms with Crippen LogP contribution in [-0.2, 0) is 12.7 Å². The molecule has 4 N–H and O–H groups in total. The Balaban J connectivity index is 0.00000220. The number of alkyl halides is 3. The second kappa shape index (κ2) is 12.8. The highest BCUT2D eigenvalue weighted by Gasteiger charge is 2.35. The van der Waals surface area contributed by atoms with Crippen LogP contribution in [0.2, 0.25) is 0 Å². The van der Waals surface area contributed by atoms with Crippen molar-refractivity contribution in [1.29, 1.82) is 0 Å². The highest BCUT2D eigenvalue weighted by molar-refractivity contribution is 7.16. The van der Waals surface area contributed by atoms with Crippen molar-refractivity contribution in [2.24, 2.45) is 11.5 Å². The van der Waals surface area contributed by atoms with Gasteiger partial charge in [0.1, 0.15) is 28.1 Å². The number of piperidine rings is 1. The lowest BCUT2D eigenvalue weighted by molar-refractivity contribution is -0.139. The van der Waals surface area contributed by atoms with Crippen molar-refractivity contribution in [3.8, 4) is 10.8 Å². The Morgan fingerprint density at radius 1 is 1.15 bits per heavy atom. The molecule has 2 aromatic carbocycles. The first-order valence-electron chi connectivity index (χ1n) is 12.3. The number of carbonyl (C=O) groups excluding carboxylic acids is 1. The number of fused-ring (bicyclic) bond motifs is 1. The van der Waals surface area contributed by atoms with E-state index in [1.54, 1.807) is 12.4 Å². The van der Waals surface area contributed by atoms with Gasteiger partial charge in [0.05, 0.1) is 16.6 Å². The first-order valence-corrected chi connectivity index (χ1v) is 13.1. The molecule has 1 aliphatic rings. The molecule has 0 bridgehead atoms. The number of amides is 1. The van der Waals surface area contributed by atoms with Crippen LogP contribution in [-0.4, -0.2) is 39.5 Å². The molecule has 0 radical (unpaired) electrons. The first-order chi connectivity index (χ1) is 18.1. The second-order valence-electron chi connectivity index (χ2n) is 9.54. The lowest BCUT2D eigenvalue weighted by Crippen LogP contribution is -2.39. The van der Waals surface area contributed by atoms with Gasteiger partial charge >= 0.3 is 6.18 Å². The minimum atomic E-state index is -4.53. The zero-order valence-corrected chi connectivity index (χ0v) is 24.0. The van der Waals surface area contributed by atoms with Crippen LogP contribution < -0.4 is 16.2 Å². The van der Waals surface area contributed by atoms with E-state index >= 15 is 0 Å². The number of aromatic nitrogens is 2. The number of primary amides is 1. The van der Waals surface area contributed by atoms with Gasteiger partial charge in [0, 0.05) is 24.2 Å². The molecule has 1 fully saturated rings. The van der Waals surface area contributed by atoms with E-state index in [0.717, 1.165) is 66.5 Å². The Hall–Kier alpha value is -2.83. The molecule has 1 atom stereocenters. The van der Waals surface area contributed by atoms with E-state index < -0.39 is 23.8 Å². The van der Waals surface area contributed by atoms with Crippen LogP contribution in [0.15, 0.2) is 54.9 Å². The molecule has 0 aliphatic carbocycles. The maximum atomic E-state index is 13.5. The molecular formula is C27H30Cl2F3N5O2S. The maximum absolute atomic E-state index is 13.5.